The van der Waals surface area contributed by atoms with Gasteiger partial charge in [0.1, 0.15) is 12.2 Å². The van der Waals surface area contributed by atoms with E-state index in [0.717, 1.165) is 161 Å². The second-order valence-corrected chi connectivity index (χ2v) is 31.1. The molecule has 4 unspecified atom stereocenters. The van der Waals surface area contributed by atoms with Crippen LogP contribution in [0, 0.1) is 0 Å². The molecule has 8 N–H and O–H groups in total. The van der Waals surface area contributed by atoms with E-state index in [9.17, 15) is 53.1 Å². The normalized spacial score (nSPS) is 14.7. The Labute approximate surface area is 630 Å². The Morgan fingerprint density at radius 2 is 0.654 bits per heavy atom. The number of ether oxygens (including phenoxy) is 4. The predicted molar refractivity (Wildman–Crippen MR) is 416 cm³/mol. The largest absolute Gasteiger partial charge is 0.472 e. The Bertz CT molecular complexity index is 2200. The van der Waals surface area contributed by atoms with Crippen molar-refractivity contribution in [3.63, 3.8) is 0 Å². The summed E-state index contributed by atoms with van der Waals surface area (Å²) in [6, 6.07) is -2.66. The Morgan fingerprint density at radius 3 is 0.990 bits per heavy atom. The molecule has 0 saturated heterocycles. The van der Waals surface area contributed by atoms with Crippen LogP contribution in [0.4, 0.5) is 4.79 Å². The van der Waals surface area contributed by atoms with Crippen molar-refractivity contribution >= 4 is 45.4 Å². The first-order valence-electron chi connectivity index (χ1n) is 41.4. The highest BCUT2D eigenvalue weighted by molar-refractivity contribution is 7.47. The molecule has 25 heteroatoms. The van der Waals surface area contributed by atoms with E-state index >= 15 is 0 Å². The number of carbonyl (C=O) groups is 5. The fourth-order valence-electron chi connectivity index (χ4n) is 11.7. The second-order valence-electron chi connectivity index (χ2n) is 28.2. The highest BCUT2D eigenvalue weighted by Crippen LogP contribution is 2.44. The van der Waals surface area contributed by atoms with Gasteiger partial charge in [-0.25, -0.2) is 13.9 Å². The van der Waals surface area contributed by atoms with Gasteiger partial charge in [-0.05, 0) is 103 Å². The monoisotopic (exact) mass is 1520 g/mol. The SMILES string of the molecule is CCCCCCC=CCCCC(=O)O[C@H](CCCCCCC)CC(=O)NC(COCC[C@H](O)CCCCCCC)COP(=O)(O)OCCNC(=O)NCCOP(=O)(O)OCC(COCC[C@H](O)CCCCCCC)NC(=O)C[C@@H](CCCCCCCCCCC)OC(=O)CCCC=CCCCCCC. The molecule has 0 fully saturated rings. The van der Waals surface area contributed by atoms with Crippen molar-refractivity contribution in [3.05, 3.63) is 24.3 Å². The summed E-state index contributed by atoms with van der Waals surface area (Å²) >= 11 is 0. The van der Waals surface area contributed by atoms with Gasteiger partial charge in [-0.2, -0.15) is 0 Å². The van der Waals surface area contributed by atoms with Crippen molar-refractivity contribution < 1.29 is 90.1 Å². The lowest BCUT2D eigenvalue weighted by atomic mass is 10.0. The third kappa shape index (κ3) is 69.2. The molecule has 0 aliphatic rings. The fraction of sp³-hybridized carbons (Fsp3) is 0.886. The van der Waals surface area contributed by atoms with E-state index < -0.39 is 96.4 Å². The molecule has 0 aliphatic heterocycles. The summed E-state index contributed by atoms with van der Waals surface area (Å²) in [6.45, 7) is 10.5. The third-order valence-corrected chi connectivity index (χ3v) is 19.9. The van der Waals surface area contributed by atoms with Crippen LogP contribution in [0.3, 0.4) is 0 Å². The Balaban J connectivity index is 5.76. The van der Waals surface area contributed by atoms with Gasteiger partial charge in [0.2, 0.25) is 11.8 Å². The molecule has 0 aromatic carbocycles. The molecule has 104 heavy (non-hydrogen) atoms. The van der Waals surface area contributed by atoms with Crippen molar-refractivity contribution in [3.8, 4) is 0 Å². The number of amides is 4. The van der Waals surface area contributed by atoms with Crippen LogP contribution in [0.25, 0.3) is 0 Å². The van der Waals surface area contributed by atoms with E-state index in [2.05, 4.69) is 87.1 Å². The van der Waals surface area contributed by atoms with E-state index in [1.807, 2.05) is 0 Å². The first kappa shape index (κ1) is 101. The molecule has 0 aromatic heterocycles. The predicted octanol–water partition coefficient (Wildman–Crippen LogP) is 18.1. The molecule has 0 aliphatic carbocycles. The van der Waals surface area contributed by atoms with Gasteiger partial charge in [-0.15, -0.1) is 0 Å². The van der Waals surface area contributed by atoms with Gasteiger partial charge in [-0.3, -0.25) is 37.3 Å². The number of urea groups is 1. The van der Waals surface area contributed by atoms with Crippen molar-refractivity contribution in [2.24, 2.45) is 0 Å². The highest BCUT2D eigenvalue weighted by Gasteiger charge is 2.29. The van der Waals surface area contributed by atoms with Crippen molar-refractivity contribution in [1.29, 1.82) is 0 Å². The Morgan fingerprint density at radius 1 is 0.356 bits per heavy atom. The number of phosphoric ester groups is 2. The van der Waals surface area contributed by atoms with E-state index in [0.29, 0.717) is 51.4 Å². The zero-order valence-corrected chi connectivity index (χ0v) is 67.9. The van der Waals surface area contributed by atoms with Gasteiger partial charge >= 0.3 is 33.6 Å². The molecule has 4 amide bonds. The molecule has 0 bridgehead atoms. The summed E-state index contributed by atoms with van der Waals surface area (Å²) in [6.07, 6.45) is 48.8. The lowest BCUT2D eigenvalue weighted by Crippen LogP contribution is -2.43. The van der Waals surface area contributed by atoms with Crippen LogP contribution in [0.15, 0.2) is 24.3 Å². The smallest absolute Gasteiger partial charge is 0.462 e. The maximum absolute atomic E-state index is 13.8. The third-order valence-electron chi connectivity index (χ3n) is 18.0. The maximum Gasteiger partial charge on any atom is 0.472 e. The summed E-state index contributed by atoms with van der Waals surface area (Å²) in [5.41, 5.74) is 0. The average Bonchev–Trinajstić information content (AvgIpc) is 0.925. The molecule has 0 rings (SSSR count). The van der Waals surface area contributed by atoms with Crippen molar-refractivity contribution in [2.45, 2.75) is 386 Å². The molecule has 0 radical (unpaired) electrons. The van der Waals surface area contributed by atoms with Gasteiger partial charge in [0.15, 0.2) is 0 Å². The number of aliphatic hydroxyl groups is 2. The van der Waals surface area contributed by atoms with Gasteiger partial charge in [0, 0.05) is 39.1 Å². The number of aliphatic hydroxyl groups excluding tert-OH is 2. The van der Waals surface area contributed by atoms with Crippen LogP contribution in [-0.2, 0) is 65.4 Å². The number of rotatable bonds is 78. The van der Waals surface area contributed by atoms with Gasteiger partial charge in [0.05, 0.1) is 76.8 Å². The summed E-state index contributed by atoms with van der Waals surface area (Å²) in [7, 11) is -9.58. The zero-order valence-electron chi connectivity index (χ0n) is 66.1. The number of unbranched alkanes of at least 4 members (excludes halogenated alkanes) is 30. The molecular formula is C79H152N4O19P2. The molecule has 0 aromatic rings. The number of esters is 2. The quantitative estimate of drug-likeness (QED) is 0.0121. The van der Waals surface area contributed by atoms with Gasteiger partial charge in [0.25, 0.3) is 0 Å². The molecule has 0 spiro atoms. The summed E-state index contributed by atoms with van der Waals surface area (Å²) in [4.78, 5) is 87.9. The molecule has 0 saturated carbocycles. The van der Waals surface area contributed by atoms with Crippen LogP contribution in [0.2, 0.25) is 0 Å². The lowest BCUT2D eigenvalue weighted by molar-refractivity contribution is -0.152. The lowest BCUT2D eigenvalue weighted by Gasteiger charge is -2.23. The molecular weight excluding hydrogens is 1370 g/mol. The van der Waals surface area contributed by atoms with Crippen LogP contribution < -0.4 is 21.3 Å². The number of hydrogen-bond donors (Lipinski definition) is 8. The number of nitrogens with one attached hydrogen (secondary N) is 4. The Hall–Kier alpha value is -3.31. The standard InChI is InChI=1S/C79H152N4O19P2/c1-7-13-19-25-28-31-34-40-46-52-74(102-78(89)54-48-42-36-33-30-27-21-15-9-3)64-76(87)83-70(66-96-60-56-72(85)50-44-38-23-17-11-5)68-100-104(93,94)98-62-58-81-79(90)80-57-61-97-103(91,92)99-67-69(65-95-59-55-71(84)49-43-37-22-16-10-4)82-75(86)63-73(51-45-39-24-18-12-6)101-77(88)53-47-41-35-32-29-26-20-14-8-2/h32-33,35-36,69-74,84-85H,7-31,34,37-68H2,1-6H3,(H,82,86)(H,83,87)(H,91,92)(H,93,94)(H2,80,81,90)/t69?,70?,71-,72-,73-,74-/m1/s1. The minimum Gasteiger partial charge on any atom is -0.462 e. The van der Waals surface area contributed by atoms with E-state index in [4.69, 9.17) is 37.0 Å². The first-order chi connectivity index (χ1) is 50.3. The molecule has 0 heterocycles. The number of phosphoric acid groups is 2. The number of carbonyl (C=O) groups excluding carboxylic acids is 5. The molecule has 612 valence electrons. The minimum absolute atomic E-state index is 0.133. The topological polar surface area (TPSA) is 322 Å². The van der Waals surface area contributed by atoms with Crippen LogP contribution in [0.5, 0.6) is 0 Å². The first-order valence-corrected chi connectivity index (χ1v) is 44.4. The fourth-order valence-corrected chi connectivity index (χ4v) is 13.2. The maximum atomic E-state index is 13.8. The van der Waals surface area contributed by atoms with E-state index in [-0.39, 0.29) is 77.1 Å². The zero-order chi connectivity index (χ0) is 76.7. The summed E-state index contributed by atoms with van der Waals surface area (Å²) in [5, 5.41) is 31.8. The van der Waals surface area contributed by atoms with Crippen LogP contribution >= 0.6 is 15.6 Å². The van der Waals surface area contributed by atoms with Crippen LogP contribution in [0.1, 0.15) is 350 Å². The summed E-state index contributed by atoms with van der Waals surface area (Å²) in [5.74, 6) is -1.69. The van der Waals surface area contributed by atoms with E-state index in [1.54, 1.807) is 0 Å². The highest BCUT2D eigenvalue weighted by atomic mass is 31.2. The minimum atomic E-state index is -4.79. The average molecular weight is 1520 g/mol. The Kier molecular flexibility index (Phi) is 70.2. The van der Waals surface area contributed by atoms with Gasteiger partial charge in [-0.1, -0.05) is 246 Å². The molecule has 8 atom stereocenters. The summed E-state index contributed by atoms with van der Waals surface area (Å²) < 4.78 is 70.9. The van der Waals surface area contributed by atoms with Crippen molar-refractivity contribution in [2.75, 3.05) is 65.9 Å². The second kappa shape index (κ2) is 72.5. The number of allylic oxidation sites excluding steroid dienone is 4. The van der Waals surface area contributed by atoms with Crippen molar-refractivity contribution in [1.82, 2.24) is 21.3 Å². The number of hydrogen-bond acceptors (Lipinski definition) is 17. The molecule has 23 nitrogen and oxygen atoms in total. The van der Waals surface area contributed by atoms with Crippen LogP contribution in [-0.4, -0.2) is 152 Å². The van der Waals surface area contributed by atoms with Gasteiger partial charge < -0.3 is 60.2 Å². The van der Waals surface area contributed by atoms with E-state index in [1.165, 1.54) is 70.6 Å².